The molecule has 0 spiro atoms. The molecule has 1 aromatic heterocycles. The Kier molecular flexibility index (Phi) is 5.62. The van der Waals surface area contributed by atoms with Crippen molar-refractivity contribution in [3.05, 3.63) is 35.9 Å². The zero-order valence-corrected chi connectivity index (χ0v) is 16.8. The van der Waals surface area contributed by atoms with Gasteiger partial charge in [0.25, 0.3) is 0 Å². The molecular weight excluding hydrogens is 356 g/mol. The molecule has 1 aromatic carbocycles. The van der Waals surface area contributed by atoms with E-state index < -0.39 is 0 Å². The number of aromatic nitrogens is 3. The molecule has 2 atom stereocenters. The van der Waals surface area contributed by atoms with E-state index in [2.05, 4.69) is 47.6 Å². The van der Waals surface area contributed by atoms with E-state index >= 15 is 0 Å². The number of ether oxygens (including phenoxy) is 1. The van der Waals surface area contributed by atoms with E-state index in [-0.39, 0.29) is 6.23 Å². The molecule has 1 N–H and O–H groups in total. The smallest absolute Gasteiger partial charge is 0.247 e. The fourth-order valence-corrected chi connectivity index (χ4v) is 4.37. The van der Waals surface area contributed by atoms with Crippen molar-refractivity contribution < 1.29 is 4.74 Å². The van der Waals surface area contributed by atoms with Gasteiger partial charge in [0.05, 0.1) is 0 Å². The molecule has 0 fully saturated rings. The van der Waals surface area contributed by atoms with Crippen molar-refractivity contribution >= 4 is 17.4 Å². The highest BCUT2D eigenvalue weighted by Gasteiger charge is 2.30. The van der Waals surface area contributed by atoms with Crippen molar-refractivity contribution in [2.45, 2.75) is 57.3 Å². The van der Waals surface area contributed by atoms with Crippen molar-refractivity contribution in [2.75, 3.05) is 11.1 Å². The topological polar surface area (TPSA) is 59.9 Å². The molecule has 0 saturated heterocycles. The fourth-order valence-electron chi connectivity index (χ4n) is 3.51. The van der Waals surface area contributed by atoms with Gasteiger partial charge in [0.2, 0.25) is 11.0 Å². The molecule has 0 radical (unpaired) electrons. The van der Waals surface area contributed by atoms with Crippen molar-refractivity contribution in [2.24, 2.45) is 5.92 Å². The highest BCUT2D eigenvalue weighted by Crippen LogP contribution is 2.39. The first-order chi connectivity index (χ1) is 13.2. The SMILES string of the molecule is CCCCSc1nnc2c(n1)O[C@@H]([C@H]1CC=C(C)CC1)Nc1ccccc1-2. The number of thioether (sulfide) groups is 1. The second-order valence-electron chi connectivity index (χ2n) is 7.26. The van der Waals surface area contributed by atoms with Crippen LogP contribution in [0.2, 0.25) is 0 Å². The summed E-state index contributed by atoms with van der Waals surface area (Å²) in [6.07, 6.45) is 7.80. The van der Waals surface area contributed by atoms with Crippen LogP contribution in [0, 0.1) is 5.92 Å². The summed E-state index contributed by atoms with van der Waals surface area (Å²) in [6.45, 7) is 4.40. The maximum absolute atomic E-state index is 6.39. The summed E-state index contributed by atoms with van der Waals surface area (Å²) < 4.78 is 6.39. The lowest BCUT2D eigenvalue weighted by atomic mass is 9.89. The molecule has 27 heavy (non-hydrogen) atoms. The van der Waals surface area contributed by atoms with E-state index in [0.29, 0.717) is 17.0 Å². The largest absolute Gasteiger partial charge is 0.452 e. The van der Waals surface area contributed by atoms with Gasteiger partial charge < -0.3 is 10.1 Å². The standard InChI is InChI=1S/C21H26N4OS/c1-3-4-13-27-21-23-20-18(24-25-21)16-7-5-6-8-17(16)22-19(26-20)15-11-9-14(2)10-12-15/h5-9,15,19,22H,3-4,10-13H2,1-2H3/t15-,19-/m0/s1. The number of para-hydroxylation sites is 1. The highest BCUT2D eigenvalue weighted by atomic mass is 32.2. The Balaban J connectivity index is 1.66. The summed E-state index contributed by atoms with van der Waals surface area (Å²) in [4.78, 5) is 4.72. The maximum Gasteiger partial charge on any atom is 0.247 e. The number of rotatable bonds is 5. The summed E-state index contributed by atoms with van der Waals surface area (Å²) in [5, 5.41) is 13.1. The Labute approximate surface area is 165 Å². The van der Waals surface area contributed by atoms with Crippen LogP contribution in [0.4, 0.5) is 5.69 Å². The third kappa shape index (κ3) is 4.10. The zero-order valence-electron chi connectivity index (χ0n) is 15.9. The summed E-state index contributed by atoms with van der Waals surface area (Å²) in [5.74, 6) is 2.01. The third-order valence-electron chi connectivity index (χ3n) is 5.19. The van der Waals surface area contributed by atoms with Crippen molar-refractivity contribution in [1.82, 2.24) is 15.2 Å². The van der Waals surface area contributed by atoms with Gasteiger partial charge in [0.1, 0.15) is 0 Å². The zero-order chi connectivity index (χ0) is 18.6. The van der Waals surface area contributed by atoms with Crippen molar-refractivity contribution in [3.63, 3.8) is 0 Å². The van der Waals surface area contributed by atoms with E-state index in [1.165, 1.54) is 5.57 Å². The minimum atomic E-state index is -0.109. The van der Waals surface area contributed by atoms with E-state index in [4.69, 9.17) is 9.72 Å². The number of fused-ring (bicyclic) bond motifs is 3. The van der Waals surface area contributed by atoms with Gasteiger partial charge in [0, 0.05) is 22.9 Å². The number of benzene rings is 1. The number of hydrogen-bond donors (Lipinski definition) is 1. The molecule has 5 nitrogen and oxygen atoms in total. The first-order valence-corrected chi connectivity index (χ1v) is 10.8. The quantitative estimate of drug-likeness (QED) is 0.430. The number of nitrogens with one attached hydrogen (secondary N) is 1. The van der Waals surface area contributed by atoms with Gasteiger partial charge in [-0.15, -0.1) is 10.2 Å². The van der Waals surface area contributed by atoms with E-state index in [0.717, 1.165) is 54.8 Å². The van der Waals surface area contributed by atoms with Crippen LogP contribution in [0.3, 0.4) is 0 Å². The van der Waals surface area contributed by atoms with Crippen molar-refractivity contribution in [1.29, 1.82) is 0 Å². The average Bonchev–Trinajstić information content (AvgIpc) is 2.85. The minimum absolute atomic E-state index is 0.109. The molecule has 1 aliphatic heterocycles. The number of anilines is 1. The number of unbranched alkanes of at least 4 members (excludes halogenated alkanes) is 1. The second kappa shape index (κ2) is 8.30. The monoisotopic (exact) mass is 382 g/mol. The number of hydrogen-bond acceptors (Lipinski definition) is 6. The van der Waals surface area contributed by atoms with Gasteiger partial charge in [-0.2, -0.15) is 4.98 Å². The van der Waals surface area contributed by atoms with Gasteiger partial charge in [-0.25, -0.2) is 0 Å². The Hall–Kier alpha value is -2.08. The molecule has 1 aliphatic carbocycles. The predicted molar refractivity (Wildman–Crippen MR) is 110 cm³/mol. The average molecular weight is 383 g/mol. The molecule has 0 saturated carbocycles. The molecule has 2 aromatic rings. The van der Waals surface area contributed by atoms with Crippen LogP contribution in [0.1, 0.15) is 46.0 Å². The Morgan fingerprint density at radius 3 is 2.96 bits per heavy atom. The van der Waals surface area contributed by atoms with Gasteiger partial charge in [-0.1, -0.05) is 55.0 Å². The summed E-state index contributed by atoms with van der Waals surface area (Å²) in [6, 6.07) is 8.19. The maximum atomic E-state index is 6.39. The molecule has 4 rings (SSSR count). The van der Waals surface area contributed by atoms with Crippen LogP contribution in [-0.4, -0.2) is 27.2 Å². The van der Waals surface area contributed by atoms with Crippen LogP contribution in [-0.2, 0) is 0 Å². The molecule has 142 valence electrons. The third-order valence-corrected chi connectivity index (χ3v) is 6.11. The lowest BCUT2D eigenvalue weighted by molar-refractivity contribution is 0.145. The molecule has 2 aliphatic rings. The van der Waals surface area contributed by atoms with E-state index in [1.807, 2.05) is 12.1 Å². The first-order valence-electron chi connectivity index (χ1n) is 9.80. The Morgan fingerprint density at radius 2 is 2.15 bits per heavy atom. The van der Waals surface area contributed by atoms with Crippen LogP contribution in [0.5, 0.6) is 5.88 Å². The first kappa shape index (κ1) is 18.3. The molecular formula is C21H26N4OS. The van der Waals surface area contributed by atoms with Gasteiger partial charge in [-0.05, 0) is 38.7 Å². The van der Waals surface area contributed by atoms with E-state index in [9.17, 15) is 0 Å². The van der Waals surface area contributed by atoms with Gasteiger partial charge in [0.15, 0.2) is 11.9 Å². The number of nitrogens with zero attached hydrogens (tertiary/aromatic N) is 3. The lowest BCUT2D eigenvalue weighted by Gasteiger charge is -2.29. The number of allylic oxidation sites excluding steroid dienone is 2. The molecule has 0 amide bonds. The normalized spacial score (nSPS) is 21.2. The van der Waals surface area contributed by atoms with Gasteiger partial charge in [-0.3, -0.25) is 0 Å². The minimum Gasteiger partial charge on any atom is -0.452 e. The van der Waals surface area contributed by atoms with Gasteiger partial charge >= 0.3 is 0 Å². The summed E-state index contributed by atoms with van der Waals surface area (Å²) >= 11 is 1.65. The lowest BCUT2D eigenvalue weighted by Crippen LogP contribution is -2.35. The van der Waals surface area contributed by atoms with Crippen molar-refractivity contribution in [3.8, 4) is 17.1 Å². The van der Waals surface area contributed by atoms with Crippen LogP contribution in [0.25, 0.3) is 11.3 Å². The molecule has 2 heterocycles. The van der Waals surface area contributed by atoms with Crippen LogP contribution >= 0.6 is 11.8 Å². The fraction of sp³-hybridized carbons (Fsp3) is 0.476. The molecule has 6 heteroatoms. The summed E-state index contributed by atoms with van der Waals surface area (Å²) in [5.41, 5.74) is 4.24. The molecule has 0 bridgehead atoms. The predicted octanol–water partition coefficient (Wildman–Crippen LogP) is 5.31. The van der Waals surface area contributed by atoms with E-state index in [1.54, 1.807) is 11.8 Å². The molecule has 0 unspecified atom stereocenters. The van der Waals surface area contributed by atoms with Crippen LogP contribution < -0.4 is 10.1 Å². The Morgan fingerprint density at radius 1 is 1.26 bits per heavy atom. The highest BCUT2D eigenvalue weighted by molar-refractivity contribution is 7.99. The Bertz CT molecular complexity index is 839. The second-order valence-corrected chi connectivity index (χ2v) is 8.33. The van der Waals surface area contributed by atoms with Crippen LogP contribution in [0.15, 0.2) is 41.1 Å². The summed E-state index contributed by atoms with van der Waals surface area (Å²) in [7, 11) is 0.